The van der Waals surface area contributed by atoms with Crippen molar-refractivity contribution in [1.29, 1.82) is 0 Å². The third-order valence-corrected chi connectivity index (χ3v) is 3.47. The summed E-state index contributed by atoms with van der Waals surface area (Å²) in [7, 11) is 0. The van der Waals surface area contributed by atoms with Crippen LogP contribution in [0, 0.1) is 11.6 Å². The van der Waals surface area contributed by atoms with Gasteiger partial charge >= 0.3 is 0 Å². The summed E-state index contributed by atoms with van der Waals surface area (Å²) in [5.74, 6) is 0.198. The van der Waals surface area contributed by atoms with Crippen molar-refractivity contribution in [2.45, 2.75) is 24.2 Å². The van der Waals surface area contributed by atoms with E-state index in [1.165, 1.54) is 0 Å². The normalized spacial score (nSPS) is 15.1. The minimum absolute atomic E-state index is 0.168. The first kappa shape index (κ1) is 11.8. The fourth-order valence-corrected chi connectivity index (χ4v) is 2.37. The van der Waals surface area contributed by atoms with Gasteiger partial charge in [-0.25, -0.2) is 8.78 Å². The van der Waals surface area contributed by atoms with Crippen LogP contribution in [0.4, 0.5) is 8.78 Å². The molecular formula is C12H10BrF2N3. The molecule has 0 radical (unpaired) electrons. The molecule has 1 fully saturated rings. The molecule has 6 heteroatoms. The van der Waals surface area contributed by atoms with Crippen molar-refractivity contribution in [2.24, 2.45) is 0 Å². The van der Waals surface area contributed by atoms with Crippen LogP contribution in [0.3, 0.4) is 0 Å². The van der Waals surface area contributed by atoms with Crippen LogP contribution in [-0.2, 0) is 5.33 Å². The minimum atomic E-state index is -0.480. The second-order valence-corrected chi connectivity index (χ2v) is 4.86. The van der Waals surface area contributed by atoms with Gasteiger partial charge in [0.1, 0.15) is 17.5 Å². The highest BCUT2D eigenvalue weighted by atomic mass is 79.9. The molecule has 94 valence electrons. The fourth-order valence-electron chi connectivity index (χ4n) is 1.98. The summed E-state index contributed by atoms with van der Waals surface area (Å²) in [5, 5.41) is 8.57. The summed E-state index contributed by atoms with van der Waals surface area (Å²) >= 11 is 3.33. The Balaban J connectivity index is 2.16. The van der Waals surface area contributed by atoms with Crippen LogP contribution in [0.5, 0.6) is 0 Å². The van der Waals surface area contributed by atoms with Crippen LogP contribution in [0.1, 0.15) is 24.7 Å². The van der Waals surface area contributed by atoms with Gasteiger partial charge in [0.05, 0.1) is 10.9 Å². The molecule has 0 N–H and O–H groups in total. The van der Waals surface area contributed by atoms with E-state index < -0.39 is 11.6 Å². The van der Waals surface area contributed by atoms with E-state index in [0.717, 1.165) is 36.9 Å². The summed E-state index contributed by atoms with van der Waals surface area (Å²) in [6.45, 7) is 0. The highest BCUT2D eigenvalue weighted by Gasteiger charge is 2.30. The Labute approximate surface area is 111 Å². The molecule has 3 nitrogen and oxygen atoms in total. The van der Waals surface area contributed by atoms with Gasteiger partial charge in [-0.15, -0.1) is 10.2 Å². The molecule has 0 saturated heterocycles. The number of benzene rings is 1. The average Bonchev–Trinajstić information content (AvgIpc) is 3.12. The summed E-state index contributed by atoms with van der Waals surface area (Å²) in [4.78, 5) is 0. The molecule has 0 unspecified atom stereocenters. The zero-order chi connectivity index (χ0) is 12.7. The molecule has 1 saturated carbocycles. The third kappa shape index (κ3) is 1.94. The van der Waals surface area contributed by atoms with E-state index in [1.54, 1.807) is 0 Å². The Kier molecular flexibility index (Phi) is 2.89. The van der Waals surface area contributed by atoms with Gasteiger partial charge in [0.25, 0.3) is 0 Å². The van der Waals surface area contributed by atoms with Gasteiger partial charge < -0.3 is 4.57 Å². The van der Waals surface area contributed by atoms with E-state index in [4.69, 9.17) is 0 Å². The highest BCUT2D eigenvalue weighted by Crippen LogP contribution is 2.39. The smallest absolute Gasteiger partial charge is 0.167 e. The molecule has 1 aliphatic carbocycles. The minimum Gasteiger partial charge on any atom is -0.307 e. The lowest BCUT2D eigenvalue weighted by molar-refractivity contribution is 0.599. The van der Waals surface area contributed by atoms with Gasteiger partial charge in [-0.05, 0) is 31.0 Å². The van der Waals surface area contributed by atoms with Crippen LogP contribution >= 0.6 is 15.9 Å². The molecule has 0 atom stereocenters. The van der Waals surface area contributed by atoms with Crippen LogP contribution < -0.4 is 0 Å². The Morgan fingerprint density at radius 3 is 2.72 bits per heavy atom. The van der Waals surface area contributed by atoms with Crippen LogP contribution in [-0.4, -0.2) is 14.8 Å². The van der Waals surface area contributed by atoms with Gasteiger partial charge in [0, 0.05) is 6.04 Å². The van der Waals surface area contributed by atoms with Crippen molar-refractivity contribution >= 4 is 15.9 Å². The van der Waals surface area contributed by atoms with E-state index in [2.05, 4.69) is 26.1 Å². The topological polar surface area (TPSA) is 30.7 Å². The number of alkyl halides is 1. The molecule has 1 heterocycles. The molecule has 0 bridgehead atoms. The van der Waals surface area contributed by atoms with Crippen molar-refractivity contribution in [3.05, 3.63) is 35.7 Å². The third-order valence-electron chi connectivity index (χ3n) is 2.97. The summed E-state index contributed by atoms with van der Waals surface area (Å²) in [5.41, 5.74) is 0.168. The van der Waals surface area contributed by atoms with Crippen molar-refractivity contribution in [3.8, 4) is 11.4 Å². The molecule has 0 amide bonds. The predicted molar refractivity (Wildman–Crippen MR) is 66.3 cm³/mol. The van der Waals surface area contributed by atoms with Crippen molar-refractivity contribution in [2.75, 3.05) is 0 Å². The van der Waals surface area contributed by atoms with E-state index in [0.29, 0.717) is 17.2 Å². The number of rotatable bonds is 3. The van der Waals surface area contributed by atoms with Crippen LogP contribution in [0.25, 0.3) is 11.4 Å². The summed E-state index contributed by atoms with van der Waals surface area (Å²) in [6, 6.07) is 3.69. The van der Waals surface area contributed by atoms with Gasteiger partial charge in [0.2, 0.25) is 0 Å². The average molecular weight is 314 g/mol. The maximum atomic E-state index is 13.8. The predicted octanol–water partition coefficient (Wildman–Crippen LogP) is 3.45. The Hall–Kier alpha value is -1.30. The SMILES string of the molecule is Fc1ccc(F)c(-c2nnc(CBr)n2C2CC2)c1. The molecule has 1 aromatic heterocycles. The molecule has 0 aliphatic heterocycles. The fraction of sp³-hybridized carbons (Fsp3) is 0.333. The van der Waals surface area contributed by atoms with E-state index in [1.807, 2.05) is 4.57 Å². The van der Waals surface area contributed by atoms with Crippen molar-refractivity contribution in [3.63, 3.8) is 0 Å². The first-order chi connectivity index (χ1) is 8.70. The van der Waals surface area contributed by atoms with Gasteiger partial charge in [-0.1, -0.05) is 15.9 Å². The number of aromatic nitrogens is 3. The van der Waals surface area contributed by atoms with Crippen molar-refractivity contribution in [1.82, 2.24) is 14.8 Å². The molecule has 2 aromatic rings. The second kappa shape index (κ2) is 4.42. The highest BCUT2D eigenvalue weighted by molar-refractivity contribution is 9.08. The Morgan fingerprint density at radius 2 is 2.06 bits per heavy atom. The lowest BCUT2D eigenvalue weighted by atomic mass is 10.2. The maximum absolute atomic E-state index is 13.8. The number of nitrogens with zero attached hydrogens (tertiary/aromatic N) is 3. The zero-order valence-electron chi connectivity index (χ0n) is 9.41. The Morgan fingerprint density at radius 1 is 1.28 bits per heavy atom. The summed E-state index contributed by atoms with van der Waals surface area (Å²) in [6.07, 6.45) is 2.06. The second-order valence-electron chi connectivity index (χ2n) is 4.30. The standard InChI is InChI=1S/C12H10BrF2N3/c13-6-11-16-17-12(18(11)8-2-3-8)9-5-7(14)1-4-10(9)15/h1,4-5,8H,2-3,6H2. The van der Waals surface area contributed by atoms with E-state index >= 15 is 0 Å². The largest absolute Gasteiger partial charge is 0.307 e. The van der Waals surface area contributed by atoms with Gasteiger partial charge in [0.15, 0.2) is 5.82 Å². The maximum Gasteiger partial charge on any atom is 0.167 e. The van der Waals surface area contributed by atoms with Crippen LogP contribution in [0.15, 0.2) is 18.2 Å². The Bertz CT molecular complexity index is 593. The molecular weight excluding hydrogens is 304 g/mol. The molecule has 1 aromatic carbocycles. The quantitative estimate of drug-likeness (QED) is 0.813. The summed E-state index contributed by atoms with van der Waals surface area (Å²) < 4.78 is 28.9. The molecule has 1 aliphatic rings. The first-order valence-corrected chi connectivity index (χ1v) is 6.78. The zero-order valence-corrected chi connectivity index (χ0v) is 11.0. The van der Waals surface area contributed by atoms with Crippen LogP contribution in [0.2, 0.25) is 0 Å². The van der Waals surface area contributed by atoms with E-state index in [9.17, 15) is 8.78 Å². The first-order valence-electron chi connectivity index (χ1n) is 5.66. The molecule has 18 heavy (non-hydrogen) atoms. The lowest BCUT2D eigenvalue weighted by Crippen LogP contribution is -2.03. The number of hydrogen-bond donors (Lipinski definition) is 0. The lowest BCUT2D eigenvalue weighted by Gasteiger charge is -2.08. The monoisotopic (exact) mass is 313 g/mol. The number of halogens is 3. The molecule has 0 spiro atoms. The van der Waals surface area contributed by atoms with Gasteiger partial charge in [-0.3, -0.25) is 0 Å². The van der Waals surface area contributed by atoms with Gasteiger partial charge in [-0.2, -0.15) is 0 Å². The van der Waals surface area contributed by atoms with E-state index in [-0.39, 0.29) is 5.56 Å². The molecule has 3 rings (SSSR count). The van der Waals surface area contributed by atoms with Crippen molar-refractivity contribution < 1.29 is 8.78 Å². The number of hydrogen-bond acceptors (Lipinski definition) is 2.